The lowest BCUT2D eigenvalue weighted by atomic mass is 9.94. The SMILES string of the molecule is CCCNC1=NC2C(OC([C@@H](O)C(F)(F)F)C(O)C2O)S1. The molecule has 0 saturated carbocycles. The molecule has 0 aliphatic carbocycles. The fourth-order valence-electron chi connectivity index (χ4n) is 2.15. The van der Waals surface area contributed by atoms with E-state index in [1.54, 1.807) is 0 Å². The number of aliphatic imine (C=N–C) groups is 1. The quantitative estimate of drug-likeness (QED) is 0.574. The van der Waals surface area contributed by atoms with Gasteiger partial charge in [0.25, 0.3) is 0 Å². The van der Waals surface area contributed by atoms with Crippen LogP contribution >= 0.6 is 11.8 Å². The smallest absolute Gasteiger partial charge is 0.388 e. The molecule has 21 heavy (non-hydrogen) atoms. The maximum atomic E-state index is 12.6. The third-order valence-corrected chi connectivity index (χ3v) is 4.37. The molecule has 1 saturated heterocycles. The molecular formula is C11H17F3N2O4S. The van der Waals surface area contributed by atoms with Crippen molar-refractivity contribution in [2.75, 3.05) is 6.54 Å². The van der Waals surface area contributed by atoms with Gasteiger partial charge in [-0.05, 0) is 6.42 Å². The van der Waals surface area contributed by atoms with Crippen molar-refractivity contribution in [1.29, 1.82) is 0 Å². The Balaban J connectivity index is 2.08. The van der Waals surface area contributed by atoms with Crippen LogP contribution in [-0.2, 0) is 4.74 Å². The third-order valence-electron chi connectivity index (χ3n) is 3.27. The van der Waals surface area contributed by atoms with E-state index in [0.717, 1.165) is 18.2 Å². The fraction of sp³-hybridized carbons (Fsp3) is 0.909. The molecule has 0 amide bonds. The Kier molecular flexibility index (Phi) is 5.03. The molecule has 2 aliphatic rings. The highest BCUT2D eigenvalue weighted by molar-refractivity contribution is 8.14. The van der Waals surface area contributed by atoms with E-state index in [9.17, 15) is 28.5 Å². The van der Waals surface area contributed by atoms with Crippen LogP contribution in [0.15, 0.2) is 4.99 Å². The van der Waals surface area contributed by atoms with Crippen LogP contribution < -0.4 is 5.32 Å². The first-order valence-corrected chi connectivity index (χ1v) is 7.38. The molecule has 2 heterocycles. The van der Waals surface area contributed by atoms with Crippen molar-refractivity contribution in [2.45, 2.75) is 55.4 Å². The Morgan fingerprint density at radius 2 is 2.05 bits per heavy atom. The molecule has 0 radical (unpaired) electrons. The molecule has 1 fully saturated rings. The van der Waals surface area contributed by atoms with E-state index in [0.29, 0.717) is 11.7 Å². The van der Waals surface area contributed by atoms with Crippen molar-refractivity contribution in [3.05, 3.63) is 0 Å². The normalized spacial score (nSPS) is 37.9. The maximum Gasteiger partial charge on any atom is 0.417 e. The number of fused-ring (bicyclic) bond motifs is 1. The summed E-state index contributed by atoms with van der Waals surface area (Å²) in [6.07, 6.45) is -12.3. The van der Waals surface area contributed by atoms with Crippen molar-refractivity contribution in [1.82, 2.24) is 5.32 Å². The van der Waals surface area contributed by atoms with Crippen molar-refractivity contribution in [3.8, 4) is 0 Å². The number of nitrogens with zero attached hydrogens (tertiary/aromatic N) is 1. The molecule has 4 N–H and O–H groups in total. The van der Waals surface area contributed by atoms with Crippen LogP contribution in [0.5, 0.6) is 0 Å². The minimum Gasteiger partial charge on any atom is -0.388 e. The molecule has 10 heteroatoms. The van der Waals surface area contributed by atoms with E-state index < -0.39 is 42.1 Å². The molecular weight excluding hydrogens is 313 g/mol. The number of thioether (sulfide) groups is 1. The molecule has 0 bridgehead atoms. The maximum absolute atomic E-state index is 12.6. The Labute approximate surface area is 123 Å². The molecule has 0 aromatic heterocycles. The summed E-state index contributed by atoms with van der Waals surface area (Å²) < 4.78 is 42.8. The van der Waals surface area contributed by atoms with Crippen molar-refractivity contribution in [3.63, 3.8) is 0 Å². The van der Waals surface area contributed by atoms with Crippen LogP contribution in [0.1, 0.15) is 13.3 Å². The van der Waals surface area contributed by atoms with Crippen LogP contribution in [0.3, 0.4) is 0 Å². The molecule has 5 unspecified atom stereocenters. The minimum absolute atomic E-state index is 0.445. The first-order valence-electron chi connectivity index (χ1n) is 6.50. The van der Waals surface area contributed by atoms with Gasteiger partial charge in [-0.3, -0.25) is 4.99 Å². The zero-order valence-electron chi connectivity index (χ0n) is 11.1. The first kappa shape index (κ1) is 16.8. The van der Waals surface area contributed by atoms with Gasteiger partial charge in [-0.2, -0.15) is 13.2 Å². The van der Waals surface area contributed by atoms with Gasteiger partial charge < -0.3 is 25.4 Å². The summed E-state index contributed by atoms with van der Waals surface area (Å²) in [7, 11) is 0. The van der Waals surface area contributed by atoms with E-state index in [-0.39, 0.29) is 0 Å². The van der Waals surface area contributed by atoms with Crippen LogP contribution in [0, 0.1) is 0 Å². The molecule has 6 atom stereocenters. The van der Waals surface area contributed by atoms with Gasteiger partial charge >= 0.3 is 6.18 Å². The van der Waals surface area contributed by atoms with Gasteiger partial charge in [0.1, 0.15) is 29.8 Å². The van der Waals surface area contributed by atoms with Gasteiger partial charge in [0.2, 0.25) is 0 Å². The number of amidine groups is 1. The van der Waals surface area contributed by atoms with Gasteiger partial charge in [-0.25, -0.2) is 0 Å². The topological polar surface area (TPSA) is 94.3 Å². The summed E-state index contributed by atoms with van der Waals surface area (Å²) in [5.74, 6) is 0. The highest BCUT2D eigenvalue weighted by Gasteiger charge is 2.55. The number of rotatable bonds is 3. The highest BCUT2D eigenvalue weighted by atomic mass is 32.2. The Bertz CT molecular complexity index is 409. The largest absolute Gasteiger partial charge is 0.417 e. The number of halogens is 3. The summed E-state index contributed by atoms with van der Waals surface area (Å²) in [4.78, 5) is 4.11. The molecule has 0 aromatic carbocycles. The second kappa shape index (κ2) is 6.29. The standard InChI is InChI=1S/C11H17F3N2O4S/c1-2-3-15-10-16-4-5(17)6(18)7(20-9(4)21-10)8(19)11(12,13)14/h4-9,17-19H,2-3H2,1H3,(H,15,16)/t4?,5?,6?,7?,8-,9?/m1/s1. The lowest BCUT2D eigenvalue weighted by Gasteiger charge is -2.40. The summed E-state index contributed by atoms with van der Waals surface area (Å²) in [6, 6.07) is -0.860. The second-order valence-corrected chi connectivity index (χ2v) is 5.99. The summed E-state index contributed by atoms with van der Waals surface area (Å²) in [6.45, 7) is 2.56. The van der Waals surface area contributed by atoms with Crippen molar-refractivity contribution >= 4 is 16.9 Å². The Hall–Kier alpha value is -0.550. The van der Waals surface area contributed by atoms with E-state index in [1.807, 2.05) is 6.92 Å². The Morgan fingerprint density at radius 3 is 2.62 bits per heavy atom. The number of alkyl halides is 3. The number of nitrogens with one attached hydrogen (secondary N) is 1. The predicted molar refractivity (Wildman–Crippen MR) is 69.8 cm³/mol. The van der Waals surface area contributed by atoms with Crippen LogP contribution in [0.25, 0.3) is 0 Å². The van der Waals surface area contributed by atoms with Gasteiger partial charge in [-0.15, -0.1) is 0 Å². The second-order valence-electron chi connectivity index (χ2n) is 4.91. The van der Waals surface area contributed by atoms with Crippen LogP contribution in [0.2, 0.25) is 0 Å². The van der Waals surface area contributed by atoms with Gasteiger partial charge in [-0.1, -0.05) is 18.7 Å². The summed E-state index contributed by atoms with van der Waals surface area (Å²) in [5.41, 5.74) is -0.871. The first-order chi connectivity index (χ1) is 9.75. The van der Waals surface area contributed by atoms with Gasteiger partial charge in [0, 0.05) is 6.54 Å². The van der Waals surface area contributed by atoms with E-state index >= 15 is 0 Å². The van der Waals surface area contributed by atoms with Crippen LogP contribution in [0.4, 0.5) is 13.2 Å². The summed E-state index contributed by atoms with van der Waals surface area (Å²) in [5, 5.41) is 32.3. The van der Waals surface area contributed by atoms with E-state index in [2.05, 4.69) is 10.3 Å². The van der Waals surface area contributed by atoms with E-state index in [4.69, 9.17) is 4.74 Å². The molecule has 2 rings (SSSR count). The number of hydrogen-bond acceptors (Lipinski definition) is 7. The third kappa shape index (κ3) is 3.45. The predicted octanol–water partition coefficient (Wildman–Crippen LogP) is -0.173. The lowest BCUT2D eigenvalue weighted by molar-refractivity contribution is -0.271. The molecule has 0 aromatic rings. The van der Waals surface area contributed by atoms with Gasteiger partial charge in [0.15, 0.2) is 11.3 Å². The zero-order valence-corrected chi connectivity index (χ0v) is 11.9. The number of ether oxygens (including phenoxy) is 1. The summed E-state index contributed by atoms with van der Waals surface area (Å²) >= 11 is 1.04. The average molecular weight is 330 g/mol. The highest BCUT2D eigenvalue weighted by Crippen LogP contribution is 2.39. The van der Waals surface area contributed by atoms with Gasteiger partial charge in [0.05, 0.1) is 0 Å². The number of aliphatic hydroxyl groups excluding tert-OH is 3. The molecule has 0 spiro atoms. The number of hydrogen-bond donors (Lipinski definition) is 4. The zero-order chi connectivity index (χ0) is 15.8. The van der Waals surface area contributed by atoms with E-state index in [1.165, 1.54) is 0 Å². The number of aliphatic hydroxyl groups is 3. The Morgan fingerprint density at radius 1 is 1.38 bits per heavy atom. The van der Waals surface area contributed by atoms with Crippen LogP contribution in [-0.4, -0.2) is 69.1 Å². The van der Waals surface area contributed by atoms with Crippen molar-refractivity contribution in [2.24, 2.45) is 4.99 Å². The lowest BCUT2D eigenvalue weighted by Crippen LogP contribution is -2.60. The molecule has 6 nitrogen and oxygen atoms in total. The fourth-order valence-corrected chi connectivity index (χ4v) is 3.28. The minimum atomic E-state index is -4.94. The molecule has 2 aliphatic heterocycles. The average Bonchev–Trinajstić information content (AvgIpc) is 2.82. The molecule has 122 valence electrons. The van der Waals surface area contributed by atoms with Crippen molar-refractivity contribution < 1.29 is 33.2 Å². The monoisotopic (exact) mass is 330 g/mol.